The summed E-state index contributed by atoms with van der Waals surface area (Å²) in [5.41, 5.74) is 7.00. The van der Waals surface area contributed by atoms with Gasteiger partial charge < -0.3 is 15.2 Å². The van der Waals surface area contributed by atoms with Crippen molar-refractivity contribution in [3.05, 3.63) is 21.7 Å². The maximum atomic E-state index is 11.0. The van der Waals surface area contributed by atoms with Crippen LogP contribution in [0.3, 0.4) is 0 Å². The van der Waals surface area contributed by atoms with Gasteiger partial charge >= 0.3 is 0 Å². The quantitative estimate of drug-likeness (QED) is 0.856. The molecule has 0 unspecified atom stereocenters. The fourth-order valence-corrected chi connectivity index (χ4v) is 2.26. The Morgan fingerprint density at radius 2 is 2.06 bits per heavy atom. The zero-order chi connectivity index (χ0) is 11.5. The van der Waals surface area contributed by atoms with Gasteiger partial charge in [0.2, 0.25) is 0 Å². The van der Waals surface area contributed by atoms with E-state index in [1.165, 1.54) is 0 Å². The van der Waals surface area contributed by atoms with Gasteiger partial charge in [0.1, 0.15) is 13.2 Å². The van der Waals surface area contributed by atoms with Gasteiger partial charge in [0.05, 0.1) is 5.56 Å². The summed E-state index contributed by atoms with van der Waals surface area (Å²) in [6, 6.07) is 1.87. The first-order valence-electron chi connectivity index (χ1n) is 5.04. The summed E-state index contributed by atoms with van der Waals surface area (Å²) in [7, 11) is 0. The standard InChI is InChI=1S/C11H12BrNO3/c12-9-5-7(1-2-13)10-11(8(9)6-14)16-4-3-15-10/h5-6H,1-4,13H2. The molecule has 1 aliphatic heterocycles. The number of benzene rings is 1. The number of halogens is 1. The van der Waals surface area contributed by atoms with Gasteiger partial charge in [0.25, 0.3) is 0 Å². The Hall–Kier alpha value is -1.07. The molecular formula is C11H12BrNO3. The molecule has 0 saturated carbocycles. The monoisotopic (exact) mass is 285 g/mol. The van der Waals surface area contributed by atoms with Crippen LogP contribution < -0.4 is 15.2 Å². The molecule has 0 aliphatic carbocycles. The van der Waals surface area contributed by atoms with Gasteiger partial charge in [-0.25, -0.2) is 0 Å². The van der Waals surface area contributed by atoms with E-state index in [0.29, 0.717) is 43.2 Å². The Bertz CT molecular complexity index is 420. The van der Waals surface area contributed by atoms with Crippen LogP contribution in [0.25, 0.3) is 0 Å². The average Bonchev–Trinajstić information content (AvgIpc) is 2.30. The van der Waals surface area contributed by atoms with Crippen molar-refractivity contribution in [2.45, 2.75) is 6.42 Å². The lowest BCUT2D eigenvalue weighted by Crippen LogP contribution is -2.19. The number of carbonyl (C=O) groups is 1. The van der Waals surface area contributed by atoms with Crippen LogP contribution in [0.5, 0.6) is 11.5 Å². The number of carbonyl (C=O) groups excluding carboxylic acids is 1. The molecule has 0 radical (unpaired) electrons. The minimum absolute atomic E-state index is 0.465. The Balaban J connectivity index is 2.57. The molecule has 0 spiro atoms. The number of hydrogen-bond acceptors (Lipinski definition) is 4. The summed E-state index contributed by atoms with van der Waals surface area (Å²) in [6.45, 7) is 1.50. The number of fused-ring (bicyclic) bond motifs is 1. The van der Waals surface area contributed by atoms with Crippen molar-refractivity contribution in [1.29, 1.82) is 0 Å². The van der Waals surface area contributed by atoms with E-state index in [4.69, 9.17) is 15.2 Å². The predicted molar refractivity (Wildman–Crippen MR) is 63.3 cm³/mol. The van der Waals surface area contributed by atoms with Crippen molar-refractivity contribution < 1.29 is 14.3 Å². The van der Waals surface area contributed by atoms with Crippen LogP contribution in [0.15, 0.2) is 10.5 Å². The lowest BCUT2D eigenvalue weighted by atomic mass is 10.1. The second kappa shape index (κ2) is 4.84. The molecule has 2 rings (SSSR count). The summed E-state index contributed by atoms with van der Waals surface area (Å²) in [5.74, 6) is 1.18. The highest BCUT2D eigenvalue weighted by atomic mass is 79.9. The van der Waals surface area contributed by atoms with Gasteiger partial charge in [-0.05, 0) is 35.0 Å². The molecule has 1 heterocycles. The van der Waals surface area contributed by atoms with Gasteiger partial charge in [-0.3, -0.25) is 4.79 Å². The van der Waals surface area contributed by atoms with Crippen LogP contribution in [0.2, 0.25) is 0 Å². The van der Waals surface area contributed by atoms with Gasteiger partial charge in [0, 0.05) is 10.0 Å². The number of aldehydes is 1. The third-order valence-corrected chi connectivity index (χ3v) is 3.06. The van der Waals surface area contributed by atoms with E-state index in [2.05, 4.69) is 15.9 Å². The highest BCUT2D eigenvalue weighted by Gasteiger charge is 2.22. The van der Waals surface area contributed by atoms with Crippen LogP contribution >= 0.6 is 15.9 Å². The van der Waals surface area contributed by atoms with Gasteiger partial charge in [-0.2, -0.15) is 0 Å². The van der Waals surface area contributed by atoms with Crippen LogP contribution in [-0.2, 0) is 6.42 Å². The molecule has 1 aromatic rings. The van der Waals surface area contributed by atoms with E-state index in [1.807, 2.05) is 6.07 Å². The first kappa shape index (κ1) is 11.4. The summed E-state index contributed by atoms with van der Waals surface area (Å²) in [6.07, 6.45) is 1.47. The molecule has 1 aliphatic rings. The number of nitrogens with two attached hydrogens (primary N) is 1. The molecule has 0 aromatic heterocycles. The normalized spacial score (nSPS) is 13.6. The Morgan fingerprint density at radius 3 is 2.69 bits per heavy atom. The van der Waals surface area contributed by atoms with Crippen molar-refractivity contribution in [1.82, 2.24) is 0 Å². The maximum absolute atomic E-state index is 11.0. The SMILES string of the molecule is NCCc1cc(Br)c(C=O)c2c1OCCO2. The van der Waals surface area contributed by atoms with Crippen LogP contribution in [0, 0.1) is 0 Å². The van der Waals surface area contributed by atoms with Crippen molar-refractivity contribution in [3.8, 4) is 11.5 Å². The van der Waals surface area contributed by atoms with Crippen LogP contribution in [-0.4, -0.2) is 26.0 Å². The Labute approximate surface area is 102 Å². The third kappa shape index (κ3) is 1.92. The molecule has 0 bridgehead atoms. The second-order valence-electron chi connectivity index (χ2n) is 3.44. The fraction of sp³-hybridized carbons (Fsp3) is 0.364. The largest absolute Gasteiger partial charge is 0.486 e. The van der Waals surface area contributed by atoms with Crippen molar-refractivity contribution in [3.63, 3.8) is 0 Å². The highest BCUT2D eigenvalue weighted by Crippen LogP contribution is 2.40. The zero-order valence-corrected chi connectivity index (χ0v) is 10.2. The van der Waals surface area contributed by atoms with Crippen molar-refractivity contribution in [2.75, 3.05) is 19.8 Å². The first-order valence-corrected chi connectivity index (χ1v) is 5.83. The number of rotatable bonds is 3. The molecule has 0 amide bonds. The minimum Gasteiger partial charge on any atom is -0.486 e. The second-order valence-corrected chi connectivity index (χ2v) is 4.30. The molecular weight excluding hydrogens is 274 g/mol. The molecule has 0 saturated heterocycles. The molecule has 5 heteroatoms. The highest BCUT2D eigenvalue weighted by molar-refractivity contribution is 9.10. The molecule has 1 aromatic carbocycles. The van der Waals surface area contributed by atoms with Crippen molar-refractivity contribution in [2.24, 2.45) is 5.73 Å². The van der Waals surface area contributed by atoms with Crippen LogP contribution in [0.4, 0.5) is 0 Å². The van der Waals surface area contributed by atoms with E-state index >= 15 is 0 Å². The summed E-state index contributed by atoms with van der Waals surface area (Å²) >= 11 is 3.35. The third-order valence-electron chi connectivity index (χ3n) is 2.41. The topological polar surface area (TPSA) is 61.6 Å². The maximum Gasteiger partial charge on any atom is 0.173 e. The lowest BCUT2D eigenvalue weighted by molar-refractivity contribution is 0.111. The summed E-state index contributed by atoms with van der Waals surface area (Å²) < 4.78 is 11.7. The molecule has 0 fully saturated rings. The number of ether oxygens (including phenoxy) is 2. The molecule has 0 atom stereocenters. The van der Waals surface area contributed by atoms with Gasteiger partial charge in [-0.15, -0.1) is 0 Å². The Morgan fingerprint density at radius 1 is 1.38 bits per heavy atom. The summed E-state index contributed by atoms with van der Waals surface area (Å²) in [4.78, 5) is 11.0. The predicted octanol–water partition coefficient (Wildman–Crippen LogP) is 1.53. The Kier molecular flexibility index (Phi) is 3.46. The fourth-order valence-electron chi connectivity index (χ4n) is 1.71. The lowest BCUT2D eigenvalue weighted by Gasteiger charge is -2.23. The van der Waals surface area contributed by atoms with Gasteiger partial charge in [0.15, 0.2) is 17.8 Å². The average molecular weight is 286 g/mol. The zero-order valence-electron chi connectivity index (χ0n) is 8.66. The van der Waals surface area contributed by atoms with E-state index in [1.54, 1.807) is 0 Å². The smallest absolute Gasteiger partial charge is 0.173 e. The number of hydrogen-bond donors (Lipinski definition) is 1. The van der Waals surface area contributed by atoms with E-state index < -0.39 is 0 Å². The molecule has 2 N–H and O–H groups in total. The first-order chi connectivity index (χ1) is 7.77. The molecule has 4 nitrogen and oxygen atoms in total. The molecule has 16 heavy (non-hydrogen) atoms. The van der Waals surface area contributed by atoms with Crippen molar-refractivity contribution >= 4 is 22.2 Å². The van der Waals surface area contributed by atoms with Gasteiger partial charge in [-0.1, -0.05) is 0 Å². The van der Waals surface area contributed by atoms with E-state index in [-0.39, 0.29) is 0 Å². The summed E-state index contributed by atoms with van der Waals surface area (Å²) in [5, 5.41) is 0. The molecule has 86 valence electrons. The van der Waals surface area contributed by atoms with E-state index in [9.17, 15) is 4.79 Å². The van der Waals surface area contributed by atoms with Crippen LogP contribution in [0.1, 0.15) is 15.9 Å². The van der Waals surface area contributed by atoms with E-state index in [0.717, 1.165) is 16.3 Å². The minimum atomic E-state index is 0.465.